The van der Waals surface area contributed by atoms with Gasteiger partial charge in [-0.2, -0.15) is 0 Å². The molecule has 1 heterocycles. The number of aromatic amines is 1. The number of benzene rings is 1. The van der Waals surface area contributed by atoms with Gasteiger partial charge in [0.2, 0.25) is 0 Å². The molecule has 1 aromatic carbocycles. The molecule has 0 amide bonds. The Morgan fingerprint density at radius 1 is 1.29 bits per heavy atom. The first-order valence-corrected chi connectivity index (χ1v) is 4.49. The molecule has 0 unspecified atom stereocenters. The van der Waals surface area contributed by atoms with Gasteiger partial charge in [-0.1, -0.05) is 24.4 Å². The van der Waals surface area contributed by atoms with Crippen LogP contribution in [0.5, 0.6) is 0 Å². The molecule has 0 aliphatic heterocycles. The molecule has 0 spiro atoms. The van der Waals surface area contributed by atoms with Gasteiger partial charge in [-0.3, -0.25) is 0 Å². The monoisotopic (exact) mass is 186 g/mol. The van der Waals surface area contributed by atoms with Gasteiger partial charge in [0.15, 0.2) is 0 Å². The number of fused-ring (bicyclic) bond motifs is 1. The Morgan fingerprint density at radius 2 is 2.07 bits per heavy atom. The average molecular weight is 186 g/mol. The van der Waals surface area contributed by atoms with E-state index in [1.54, 1.807) is 6.07 Å². The van der Waals surface area contributed by atoms with Crippen molar-refractivity contribution in [1.82, 2.24) is 4.98 Å². The summed E-state index contributed by atoms with van der Waals surface area (Å²) in [6.45, 7) is 1.97. The summed E-state index contributed by atoms with van der Waals surface area (Å²) in [6.07, 6.45) is 0. The van der Waals surface area contributed by atoms with Crippen molar-refractivity contribution < 1.29 is 10.0 Å². The Hall–Kier alpha value is -1.19. The molecule has 3 N–H and O–H groups in total. The Kier molecular flexibility index (Phi) is 2.35. The van der Waals surface area contributed by atoms with Crippen LogP contribution >= 0.6 is 0 Å². The zero-order chi connectivity index (χ0) is 10.1. The maximum atomic E-state index is 8.97. The fraction of sp³-hybridized carbons (Fsp3) is 0.111. The fourth-order valence-electron chi connectivity index (χ4n) is 1.49. The largest absolute Gasteiger partial charge is 0.505 e. The summed E-state index contributed by atoms with van der Waals surface area (Å²) >= 11 is 0. The molecule has 0 saturated carbocycles. The predicted octanol–water partition coefficient (Wildman–Crippen LogP) is -0.775. The van der Waals surface area contributed by atoms with Gasteiger partial charge < -0.3 is 15.0 Å². The molecule has 3 nitrogen and oxygen atoms in total. The lowest BCUT2D eigenvalue weighted by Gasteiger charge is -1.94. The standard InChI is InChI=1S/C9H10B2NO2/c1-10-7-2-3-8-6(4-7)5-9(12-8)11(13)14/h2-5,12-14H,1H3. The van der Waals surface area contributed by atoms with E-state index >= 15 is 0 Å². The minimum atomic E-state index is -1.43. The van der Waals surface area contributed by atoms with E-state index in [2.05, 4.69) is 4.98 Å². The zero-order valence-electron chi connectivity index (χ0n) is 7.86. The lowest BCUT2D eigenvalue weighted by molar-refractivity contribution is 0.424. The van der Waals surface area contributed by atoms with Crippen molar-refractivity contribution in [2.24, 2.45) is 0 Å². The van der Waals surface area contributed by atoms with E-state index in [0.29, 0.717) is 5.59 Å². The first kappa shape index (κ1) is 9.37. The van der Waals surface area contributed by atoms with E-state index in [-0.39, 0.29) is 0 Å². The maximum Gasteiger partial charge on any atom is 0.505 e. The average Bonchev–Trinajstić information content (AvgIpc) is 2.59. The summed E-state index contributed by atoms with van der Waals surface area (Å²) in [6, 6.07) is 7.65. The van der Waals surface area contributed by atoms with Crippen molar-refractivity contribution in [2.75, 3.05) is 0 Å². The van der Waals surface area contributed by atoms with Crippen LogP contribution in [0.4, 0.5) is 0 Å². The molecule has 2 aromatic rings. The smallest absolute Gasteiger partial charge is 0.422 e. The van der Waals surface area contributed by atoms with Crippen LogP contribution < -0.4 is 11.1 Å². The van der Waals surface area contributed by atoms with Gasteiger partial charge in [0.05, 0.1) is 0 Å². The van der Waals surface area contributed by atoms with Crippen molar-refractivity contribution in [1.29, 1.82) is 0 Å². The van der Waals surface area contributed by atoms with Crippen LogP contribution in [0.1, 0.15) is 0 Å². The third-order valence-corrected chi connectivity index (χ3v) is 2.28. The Bertz CT molecular complexity index is 453. The molecule has 14 heavy (non-hydrogen) atoms. The third-order valence-electron chi connectivity index (χ3n) is 2.28. The topological polar surface area (TPSA) is 56.2 Å². The van der Waals surface area contributed by atoms with Crippen LogP contribution in [0.15, 0.2) is 24.3 Å². The van der Waals surface area contributed by atoms with Gasteiger partial charge in [-0.15, -0.1) is 0 Å². The minimum absolute atomic E-state index is 0.424. The molecule has 0 fully saturated rings. The lowest BCUT2D eigenvalue weighted by Crippen LogP contribution is -2.30. The maximum absolute atomic E-state index is 8.97. The predicted molar refractivity (Wildman–Crippen MR) is 59.4 cm³/mol. The van der Waals surface area contributed by atoms with Crippen molar-refractivity contribution >= 4 is 36.4 Å². The van der Waals surface area contributed by atoms with Gasteiger partial charge in [0, 0.05) is 11.1 Å². The molecule has 1 radical (unpaired) electrons. The summed E-state index contributed by atoms with van der Waals surface area (Å²) in [7, 11) is 0.568. The summed E-state index contributed by atoms with van der Waals surface area (Å²) in [5.41, 5.74) is 2.46. The highest BCUT2D eigenvalue weighted by Crippen LogP contribution is 2.07. The quantitative estimate of drug-likeness (QED) is 0.539. The second-order valence-electron chi connectivity index (χ2n) is 3.23. The van der Waals surface area contributed by atoms with E-state index in [1.807, 2.05) is 32.3 Å². The SMILES string of the molecule is C[B]c1ccc2[nH]c(B(O)O)cc2c1. The zero-order valence-corrected chi connectivity index (χ0v) is 7.86. The first-order chi connectivity index (χ1) is 6.70. The minimum Gasteiger partial charge on any atom is -0.422 e. The number of hydrogen-bond acceptors (Lipinski definition) is 2. The van der Waals surface area contributed by atoms with E-state index in [4.69, 9.17) is 10.0 Å². The van der Waals surface area contributed by atoms with Crippen molar-refractivity contribution in [3.63, 3.8) is 0 Å². The van der Waals surface area contributed by atoms with Crippen LogP contribution in [-0.2, 0) is 0 Å². The van der Waals surface area contributed by atoms with Crippen LogP contribution in [0.2, 0.25) is 6.82 Å². The van der Waals surface area contributed by atoms with Gasteiger partial charge in [0.25, 0.3) is 0 Å². The molecule has 0 saturated heterocycles. The Morgan fingerprint density at radius 3 is 2.71 bits per heavy atom. The summed E-state index contributed by atoms with van der Waals surface area (Å²) < 4.78 is 0. The van der Waals surface area contributed by atoms with Crippen molar-refractivity contribution in [2.45, 2.75) is 6.82 Å². The summed E-state index contributed by atoms with van der Waals surface area (Å²) in [4.78, 5) is 2.93. The number of nitrogens with one attached hydrogen (secondary N) is 1. The van der Waals surface area contributed by atoms with Crippen LogP contribution in [0, 0.1) is 0 Å². The molecular weight excluding hydrogens is 176 g/mol. The Balaban J connectivity index is 2.54. The molecule has 2 rings (SSSR count). The van der Waals surface area contributed by atoms with Gasteiger partial charge in [-0.25, -0.2) is 0 Å². The van der Waals surface area contributed by atoms with Crippen molar-refractivity contribution in [3.05, 3.63) is 24.3 Å². The van der Waals surface area contributed by atoms with Crippen LogP contribution in [0.3, 0.4) is 0 Å². The van der Waals surface area contributed by atoms with E-state index in [9.17, 15) is 0 Å². The third kappa shape index (κ3) is 1.56. The van der Waals surface area contributed by atoms with Crippen LogP contribution in [0.25, 0.3) is 10.9 Å². The molecule has 5 heteroatoms. The fourth-order valence-corrected chi connectivity index (χ4v) is 1.49. The van der Waals surface area contributed by atoms with Crippen LogP contribution in [-0.4, -0.2) is 29.4 Å². The second kappa shape index (κ2) is 3.52. The summed E-state index contributed by atoms with van der Waals surface area (Å²) in [5, 5.41) is 18.9. The second-order valence-corrected chi connectivity index (χ2v) is 3.23. The number of rotatable bonds is 2. The van der Waals surface area contributed by atoms with Gasteiger partial charge in [0.1, 0.15) is 7.28 Å². The Labute approximate surface area is 83.2 Å². The number of H-pyrrole nitrogens is 1. The van der Waals surface area contributed by atoms with E-state index < -0.39 is 7.12 Å². The highest BCUT2D eigenvalue weighted by atomic mass is 16.4. The molecule has 0 bridgehead atoms. The number of aromatic nitrogens is 1. The highest BCUT2D eigenvalue weighted by Gasteiger charge is 2.13. The summed E-state index contributed by atoms with van der Waals surface area (Å²) in [5.74, 6) is 0. The molecule has 0 aliphatic carbocycles. The molecular formula is C9H10B2NO2. The normalized spacial score (nSPS) is 10.5. The van der Waals surface area contributed by atoms with E-state index in [1.165, 1.54) is 0 Å². The molecule has 1 aromatic heterocycles. The number of hydrogen-bond donors (Lipinski definition) is 3. The highest BCUT2D eigenvalue weighted by molar-refractivity contribution is 6.58. The van der Waals surface area contributed by atoms with Gasteiger partial charge in [-0.05, 0) is 17.5 Å². The van der Waals surface area contributed by atoms with Crippen molar-refractivity contribution in [3.8, 4) is 0 Å². The lowest BCUT2D eigenvalue weighted by atomic mass is 9.73. The molecule has 0 aliphatic rings. The van der Waals surface area contributed by atoms with Gasteiger partial charge >= 0.3 is 7.12 Å². The first-order valence-electron chi connectivity index (χ1n) is 4.49. The van der Waals surface area contributed by atoms with E-state index in [0.717, 1.165) is 16.4 Å². The molecule has 69 valence electrons. The molecule has 0 atom stereocenters.